The summed E-state index contributed by atoms with van der Waals surface area (Å²) in [7, 11) is -1.83. The Morgan fingerprint density at radius 2 is 2.11 bits per heavy atom. The Balaban J connectivity index is 2.10. The van der Waals surface area contributed by atoms with Crippen molar-refractivity contribution >= 4 is 43.2 Å². The van der Waals surface area contributed by atoms with Crippen LogP contribution in [-0.4, -0.2) is 38.8 Å². The smallest absolute Gasteiger partial charge is 0.253 e. The molecule has 2 heterocycles. The number of carbonyl (C=O) groups excluding carboxylic acids is 1. The van der Waals surface area contributed by atoms with E-state index >= 15 is 0 Å². The highest BCUT2D eigenvalue weighted by Crippen LogP contribution is 2.32. The SMILES string of the molecule is CNC(=O)C1CCN(S(=O)(=O)c2sccc2Br)CC1. The van der Waals surface area contributed by atoms with Crippen molar-refractivity contribution in [2.24, 2.45) is 5.92 Å². The van der Waals surface area contributed by atoms with Crippen LogP contribution in [0.5, 0.6) is 0 Å². The predicted molar refractivity (Wildman–Crippen MR) is 77.6 cm³/mol. The third-order valence-corrected chi connectivity index (χ3v) is 7.78. The number of carbonyl (C=O) groups is 1. The number of halogens is 1. The van der Waals surface area contributed by atoms with Crippen molar-refractivity contribution in [2.45, 2.75) is 17.1 Å². The lowest BCUT2D eigenvalue weighted by atomic mass is 9.97. The minimum absolute atomic E-state index is 0.00523. The van der Waals surface area contributed by atoms with Crippen molar-refractivity contribution in [3.63, 3.8) is 0 Å². The Bertz CT molecular complexity index is 562. The van der Waals surface area contributed by atoms with Crippen LogP contribution in [0.4, 0.5) is 0 Å². The lowest BCUT2D eigenvalue weighted by molar-refractivity contribution is -0.125. The van der Waals surface area contributed by atoms with Gasteiger partial charge in [0.05, 0.1) is 0 Å². The van der Waals surface area contributed by atoms with Crippen LogP contribution >= 0.6 is 27.3 Å². The normalized spacial score (nSPS) is 18.4. The van der Waals surface area contributed by atoms with Gasteiger partial charge >= 0.3 is 0 Å². The molecule has 0 atom stereocenters. The zero-order valence-electron chi connectivity index (χ0n) is 10.4. The van der Waals surface area contributed by atoms with Gasteiger partial charge in [-0.1, -0.05) is 0 Å². The van der Waals surface area contributed by atoms with E-state index in [1.165, 1.54) is 15.6 Å². The number of hydrogen-bond acceptors (Lipinski definition) is 4. The second-order valence-electron chi connectivity index (χ2n) is 4.35. The molecule has 1 N–H and O–H groups in total. The van der Waals surface area contributed by atoms with Crippen LogP contribution in [0.15, 0.2) is 20.1 Å². The molecule has 0 spiro atoms. The van der Waals surface area contributed by atoms with Crippen LogP contribution in [0, 0.1) is 5.92 Å². The van der Waals surface area contributed by atoms with E-state index in [-0.39, 0.29) is 11.8 Å². The Morgan fingerprint density at radius 1 is 1.47 bits per heavy atom. The highest BCUT2D eigenvalue weighted by molar-refractivity contribution is 9.10. The number of hydrogen-bond donors (Lipinski definition) is 1. The van der Waals surface area contributed by atoms with Gasteiger partial charge in [0.25, 0.3) is 10.0 Å². The first kappa shape index (κ1) is 15.0. The molecule has 1 saturated heterocycles. The van der Waals surface area contributed by atoms with Crippen molar-refractivity contribution in [1.29, 1.82) is 0 Å². The fraction of sp³-hybridized carbons (Fsp3) is 0.545. The molecule has 1 aromatic rings. The number of thiophene rings is 1. The Morgan fingerprint density at radius 3 is 2.58 bits per heavy atom. The zero-order chi connectivity index (χ0) is 14.0. The molecule has 5 nitrogen and oxygen atoms in total. The monoisotopic (exact) mass is 366 g/mol. The minimum Gasteiger partial charge on any atom is -0.359 e. The molecule has 0 radical (unpaired) electrons. The Kier molecular flexibility index (Phi) is 4.65. The topological polar surface area (TPSA) is 66.5 Å². The van der Waals surface area contributed by atoms with E-state index in [0.717, 1.165) is 0 Å². The average Bonchev–Trinajstić information content (AvgIpc) is 2.85. The fourth-order valence-electron chi connectivity index (χ4n) is 2.14. The standard InChI is InChI=1S/C11H15BrN2O3S2/c1-13-10(15)8-2-5-14(6-3-8)19(16,17)11-9(12)4-7-18-11/h4,7-8H,2-3,5-6H2,1H3,(H,13,15). The minimum atomic E-state index is -3.43. The molecule has 0 aromatic carbocycles. The zero-order valence-corrected chi connectivity index (χ0v) is 13.6. The number of nitrogens with zero attached hydrogens (tertiary/aromatic N) is 1. The highest BCUT2D eigenvalue weighted by Gasteiger charge is 2.33. The van der Waals surface area contributed by atoms with Gasteiger partial charge in [0, 0.05) is 30.5 Å². The molecule has 1 amide bonds. The van der Waals surface area contributed by atoms with Crippen molar-refractivity contribution < 1.29 is 13.2 Å². The van der Waals surface area contributed by atoms with Gasteiger partial charge < -0.3 is 5.32 Å². The number of piperidine rings is 1. The van der Waals surface area contributed by atoms with Gasteiger partial charge in [-0.25, -0.2) is 8.42 Å². The number of nitrogens with one attached hydrogen (secondary N) is 1. The van der Waals surface area contributed by atoms with Crippen LogP contribution in [-0.2, 0) is 14.8 Å². The number of amides is 1. The molecule has 0 unspecified atom stereocenters. The first-order valence-electron chi connectivity index (χ1n) is 5.91. The molecule has 0 bridgehead atoms. The van der Waals surface area contributed by atoms with Gasteiger partial charge in [0.2, 0.25) is 5.91 Å². The van der Waals surface area contributed by atoms with E-state index in [2.05, 4.69) is 21.2 Å². The van der Waals surface area contributed by atoms with Gasteiger partial charge in [-0.3, -0.25) is 4.79 Å². The fourth-order valence-corrected chi connectivity index (χ4v) is 6.06. The van der Waals surface area contributed by atoms with Crippen LogP contribution in [0.2, 0.25) is 0 Å². The molecular weight excluding hydrogens is 352 g/mol. The summed E-state index contributed by atoms with van der Waals surface area (Å²) in [5.74, 6) is -0.0856. The summed E-state index contributed by atoms with van der Waals surface area (Å²) in [6.07, 6.45) is 1.14. The molecule has 1 fully saturated rings. The van der Waals surface area contributed by atoms with Crippen molar-refractivity contribution in [3.8, 4) is 0 Å². The van der Waals surface area contributed by atoms with Gasteiger partial charge in [-0.15, -0.1) is 11.3 Å². The summed E-state index contributed by atoms with van der Waals surface area (Å²) in [5, 5.41) is 4.36. The van der Waals surface area contributed by atoms with Crippen molar-refractivity contribution in [1.82, 2.24) is 9.62 Å². The highest BCUT2D eigenvalue weighted by atomic mass is 79.9. The molecule has 8 heteroatoms. The third-order valence-electron chi connectivity index (χ3n) is 3.23. The maximum atomic E-state index is 12.4. The summed E-state index contributed by atoms with van der Waals surface area (Å²) in [6.45, 7) is 0.787. The van der Waals surface area contributed by atoms with Gasteiger partial charge in [0.15, 0.2) is 0 Å². The first-order valence-corrected chi connectivity index (χ1v) is 9.03. The van der Waals surface area contributed by atoms with Crippen LogP contribution in [0.25, 0.3) is 0 Å². The second-order valence-corrected chi connectivity index (χ2v) is 8.25. The number of rotatable bonds is 3. The van der Waals surface area contributed by atoms with E-state index in [9.17, 15) is 13.2 Å². The van der Waals surface area contributed by atoms with E-state index in [1.54, 1.807) is 18.5 Å². The van der Waals surface area contributed by atoms with Gasteiger partial charge in [0.1, 0.15) is 4.21 Å². The van der Waals surface area contributed by atoms with E-state index in [0.29, 0.717) is 34.6 Å². The molecular formula is C11H15BrN2O3S2. The largest absolute Gasteiger partial charge is 0.359 e. The molecule has 19 heavy (non-hydrogen) atoms. The van der Waals surface area contributed by atoms with E-state index < -0.39 is 10.0 Å². The quantitative estimate of drug-likeness (QED) is 0.884. The average molecular weight is 367 g/mol. The summed E-state index contributed by atoms with van der Waals surface area (Å²) < 4.78 is 27.2. The van der Waals surface area contributed by atoms with Crippen LogP contribution < -0.4 is 5.32 Å². The van der Waals surface area contributed by atoms with Crippen LogP contribution in [0.1, 0.15) is 12.8 Å². The number of sulfonamides is 1. The van der Waals surface area contributed by atoms with Gasteiger partial charge in [-0.05, 0) is 40.2 Å². The summed E-state index contributed by atoms with van der Waals surface area (Å²) in [4.78, 5) is 11.5. The predicted octanol–water partition coefficient (Wildman–Crippen LogP) is 1.66. The van der Waals surface area contributed by atoms with E-state index in [4.69, 9.17) is 0 Å². The Labute approximate surface area is 125 Å². The molecule has 1 aromatic heterocycles. The van der Waals surface area contributed by atoms with Crippen LogP contribution in [0.3, 0.4) is 0 Å². The molecule has 2 rings (SSSR count). The molecule has 1 aliphatic rings. The third kappa shape index (κ3) is 3.01. The lowest BCUT2D eigenvalue weighted by Gasteiger charge is -2.29. The maximum Gasteiger partial charge on any atom is 0.253 e. The van der Waals surface area contributed by atoms with Gasteiger partial charge in [-0.2, -0.15) is 4.31 Å². The maximum absolute atomic E-state index is 12.4. The summed E-state index contributed by atoms with van der Waals surface area (Å²) >= 11 is 4.46. The molecule has 0 aliphatic carbocycles. The van der Waals surface area contributed by atoms with Crippen molar-refractivity contribution in [3.05, 3.63) is 15.9 Å². The first-order chi connectivity index (χ1) is 8.96. The lowest BCUT2D eigenvalue weighted by Crippen LogP contribution is -2.42. The molecule has 0 saturated carbocycles. The van der Waals surface area contributed by atoms with Crippen molar-refractivity contribution in [2.75, 3.05) is 20.1 Å². The summed E-state index contributed by atoms with van der Waals surface area (Å²) in [6, 6.07) is 1.73. The Hall–Kier alpha value is -0.440. The van der Waals surface area contributed by atoms with E-state index in [1.807, 2.05) is 0 Å². The molecule has 1 aliphatic heterocycles. The molecule has 106 valence electrons. The second kappa shape index (κ2) is 5.90. The summed E-state index contributed by atoms with van der Waals surface area (Å²) in [5.41, 5.74) is 0.